The van der Waals surface area contributed by atoms with Crippen molar-refractivity contribution >= 4 is 21.7 Å². The van der Waals surface area contributed by atoms with Crippen LogP contribution in [0.15, 0.2) is 53.6 Å². The molecule has 0 atom stereocenters. The molecule has 0 fully saturated rings. The molecule has 2 rings (SSSR count). The number of carbonyl (C=O) groups is 2. The molecule has 108 valence electrons. The average molecular weight is 304 g/mol. The van der Waals surface area contributed by atoms with E-state index in [1.54, 1.807) is 12.1 Å². The van der Waals surface area contributed by atoms with E-state index in [1.807, 2.05) is 4.72 Å². The number of sulfonamides is 1. The van der Waals surface area contributed by atoms with E-state index in [0.717, 1.165) is 0 Å². The molecule has 2 aromatic rings. The molecule has 0 saturated carbocycles. The van der Waals surface area contributed by atoms with Gasteiger partial charge in [0.2, 0.25) is 0 Å². The highest BCUT2D eigenvalue weighted by Gasteiger charge is 2.20. The Balaban J connectivity index is 2.29. The van der Waals surface area contributed by atoms with Crippen molar-refractivity contribution in [3.8, 4) is 0 Å². The Morgan fingerprint density at radius 3 is 2.48 bits per heavy atom. The molecule has 0 saturated heterocycles. The number of pyridine rings is 1. The van der Waals surface area contributed by atoms with Gasteiger partial charge in [-0.05, 0) is 31.2 Å². The highest BCUT2D eigenvalue weighted by Crippen LogP contribution is 2.12. The van der Waals surface area contributed by atoms with Gasteiger partial charge in [-0.2, -0.15) is 0 Å². The topological polar surface area (TPSA) is 93.2 Å². The number of ketones is 1. The fraction of sp³-hybridized carbons (Fsp3) is 0.0714. The zero-order valence-electron chi connectivity index (χ0n) is 11.1. The molecule has 7 heteroatoms. The van der Waals surface area contributed by atoms with E-state index >= 15 is 0 Å². The number of aromatic nitrogens is 1. The average Bonchev–Trinajstić information content (AvgIpc) is 2.48. The van der Waals surface area contributed by atoms with Crippen molar-refractivity contribution in [1.29, 1.82) is 0 Å². The van der Waals surface area contributed by atoms with Gasteiger partial charge in [0.05, 0.1) is 4.90 Å². The maximum absolute atomic E-state index is 12.1. The molecule has 1 aromatic heterocycles. The highest BCUT2D eigenvalue weighted by molar-refractivity contribution is 7.90. The van der Waals surface area contributed by atoms with Gasteiger partial charge >= 0.3 is 0 Å². The monoisotopic (exact) mass is 304 g/mol. The molecule has 0 bridgehead atoms. The van der Waals surface area contributed by atoms with Crippen molar-refractivity contribution in [3.05, 3.63) is 59.9 Å². The van der Waals surface area contributed by atoms with Crippen LogP contribution in [0.25, 0.3) is 0 Å². The number of amides is 1. The summed E-state index contributed by atoms with van der Waals surface area (Å²) < 4.78 is 26.2. The number of nitrogens with zero attached hydrogens (tertiary/aromatic N) is 1. The van der Waals surface area contributed by atoms with E-state index in [-0.39, 0.29) is 21.9 Å². The third kappa shape index (κ3) is 3.51. The minimum atomic E-state index is -4.06. The van der Waals surface area contributed by atoms with Gasteiger partial charge in [0.25, 0.3) is 15.9 Å². The first-order valence-corrected chi connectivity index (χ1v) is 7.47. The number of nitrogens with one attached hydrogen (secondary N) is 1. The van der Waals surface area contributed by atoms with Crippen LogP contribution in [-0.4, -0.2) is 25.1 Å². The minimum absolute atomic E-state index is 0.0104. The smallest absolute Gasteiger partial charge is 0.283 e. The summed E-state index contributed by atoms with van der Waals surface area (Å²) in [6.45, 7) is 1.33. The van der Waals surface area contributed by atoms with Crippen molar-refractivity contribution in [2.24, 2.45) is 0 Å². The summed E-state index contributed by atoms with van der Waals surface area (Å²) >= 11 is 0. The number of benzene rings is 1. The molecule has 0 radical (unpaired) electrons. The Bertz CT molecular complexity index is 786. The number of Topliss-reactive ketones (excluding diaryl/α,β-unsaturated/α-hetero) is 1. The van der Waals surface area contributed by atoms with E-state index in [2.05, 4.69) is 4.98 Å². The van der Waals surface area contributed by atoms with Crippen LogP contribution in [0.1, 0.15) is 27.8 Å². The summed E-state index contributed by atoms with van der Waals surface area (Å²) in [6, 6.07) is 10.1. The molecule has 21 heavy (non-hydrogen) atoms. The molecular weight excluding hydrogens is 292 g/mol. The van der Waals surface area contributed by atoms with Crippen LogP contribution in [0.3, 0.4) is 0 Å². The molecule has 6 nitrogen and oxygen atoms in total. The van der Waals surface area contributed by atoms with Crippen LogP contribution in [-0.2, 0) is 10.0 Å². The lowest BCUT2D eigenvalue weighted by Gasteiger charge is -2.07. The Kier molecular flexibility index (Phi) is 4.13. The number of hydrogen-bond acceptors (Lipinski definition) is 5. The van der Waals surface area contributed by atoms with E-state index in [4.69, 9.17) is 0 Å². The summed E-state index contributed by atoms with van der Waals surface area (Å²) in [4.78, 5) is 26.7. The molecule has 0 unspecified atom stereocenters. The molecule has 0 spiro atoms. The second-order valence-electron chi connectivity index (χ2n) is 4.23. The van der Waals surface area contributed by atoms with Gasteiger partial charge < -0.3 is 0 Å². The Morgan fingerprint density at radius 2 is 1.86 bits per heavy atom. The van der Waals surface area contributed by atoms with Gasteiger partial charge in [-0.1, -0.05) is 18.2 Å². The minimum Gasteiger partial charge on any atom is -0.295 e. The molecule has 0 aliphatic heterocycles. The van der Waals surface area contributed by atoms with Crippen LogP contribution < -0.4 is 4.72 Å². The summed E-state index contributed by atoms with van der Waals surface area (Å²) in [6.07, 6.45) is 1.39. The molecule has 1 aromatic carbocycles. The first kappa shape index (κ1) is 14.9. The van der Waals surface area contributed by atoms with Gasteiger partial charge in [-0.3, -0.25) is 14.6 Å². The van der Waals surface area contributed by atoms with Crippen molar-refractivity contribution in [3.63, 3.8) is 0 Å². The predicted octanol–water partition coefficient (Wildman–Crippen LogP) is 1.40. The van der Waals surface area contributed by atoms with Crippen molar-refractivity contribution < 1.29 is 18.0 Å². The molecule has 0 aliphatic carbocycles. The van der Waals surface area contributed by atoms with Crippen LogP contribution >= 0.6 is 0 Å². The zero-order valence-corrected chi connectivity index (χ0v) is 11.9. The van der Waals surface area contributed by atoms with Gasteiger partial charge in [-0.25, -0.2) is 13.1 Å². The van der Waals surface area contributed by atoms with E-state index in [1.165, 1.54) is 43.5 Å². The van der Waals surface area contributed by atoms with E-state index in [9.17, 15) is 18.0 Å². The predicted molar refractivity (Wildman–Crippen MR) is 75.3 cm³/mol. The molecule has 1 N–H and O–H groups in total. The summed E-state index contributed by atoms with van der Waals surface area (Å²) in [5.74, 6) is -1.09. The van der Waals surface area contributed by atoms with Crippen molar-refractivity contribution in [1.82, 2.24) is 9.71 Å². The lowest BCUT2D eigenvalue weighted by atomic mass is 10.2. The molecule has 1 heterocycles. The largest absolute Gasteiger partial charge is 0.295 e. The Hall–Kier alpha value is -2.54. The van der Waals surface area contributed by atoms with Crippen LogP contribution in [0.2, 0.25) is 0 Å². The summed E-state index contributed by atoms with van der Waals surface area (Å²) in [7, 11) is -4.06. The van der Waals surface area contributed by atoms with Gasteiger partial charge in [0, 0.05) is 11.8 Å². The second kappa shape index (κ2) is 5.84. The summed E-state index contributed by atoms with van der Waals surface area (Å²) in [5.41, 5.74) is 0.243. The molecule has 1 amide bonds. The van der Waals surface area contributed by atoms with Crippen LogP contribution in [0.5, 0.6) is 0 Å². The first-order valence-electron chi connectivity index (χ1n) is 5.99. The fourth-order valence-electron chi connectivity index (χ4n) is 1.61. The van der Waals surface area contributed by atoms with Gasteiger partial charge in [-0.15, -0.1) is 0 Å². The highest BCUT2D eigenvalue weighted by atomic mass is 32.2. The Morgan fingerprint density at radius 1 is 1.10 bits per heavy atom. The van der Waals surface area contributed by atoms with Crippen molar-refractivity contribution in [2.75, 3.05) is 0 Å². The SMILES string of the molecule is CC(=O)c1cccc(S(=O)(=O)NC(=O)c2ccccn2)c1. The standard InChI is InChI=1S/C14H12N2O4S/c1-10(17)11-5-4-6-12(9-11)21(19,20)16-14(18)13-7-2-3-8-15-13/h2-9H,1H3,(H,16,18). The number of hydrogen-bond donors (Lipinski definition) is 1. The van der Waals surface area contributed by atoms with Gasteiger partial charge in [0.15, 0.2) is 5.78 Å². The zero-order chi connectivity index (χ0) is 15.5. The van der Waals surface area contributed by atoms with Crippen molar-refractivity contribution in [2.45, 2.75) is 11.8 Å². The van der Waals surface area contributed by atoms with Gasteiger partial charge in [0.1, 0.15) is 5.69 Å². The number of carbonyl (C=O) groups excluding carboxylic acids is 2. The maximum atomic E-state index is 12.1. The Labute approximate surface area is 121 Å². The third-order valence-electron chi connectivity index (χ3n) is 2.68. The first-order chi connectivity index (χ1) is 9.90. The maximum Gasteiger partial charge on any atom is 0.283 e. The summed E-state index contributed by atoms with van der Waals surface area (Å²) in [5, 5.41) is 0. The lowest BCUT2D eigenvalue weighted by Crippen LogP contribution is -2.31. The lowest BCUT2D eigenvalue weighted by molar-refractivity contribution is 0.0975. The van der Waals surface area contributed by atoms with Crippen LogP contribution in [0.4, 0.5) is 0 Å². The molecular formula is C14H12N2O4S. The normalized spacial score (nSPS) is 10.9. The quantitative estimate of drug-likeness (QED) is 0.862. The van der Waals surface area contributed by atoms with E-state index < -0.39 is 15.9 Å². The fourth-order valence-corrected chi connectivity index (χ4v) is 2.62. The molecule has 0 aliphatic rings. The second-order valence-corrected chi connectivity index (χ2v) is 5.92. The van der Waals surface area contributed by atoms with Crippen LogP contribution in [0, 0.1) is 0 Å². The third-order valence-corrected chi connectivity index (χ3v) is 4.00. The number of rotatable bonds is 4. The van der Waals surface area contributed by atoms with E-state index in [0.29, 0.717) is 0 Å².